The predicted octanol–water partition coefficient (Wildman–Crippen LogP) is 1.26. The SMILES string of the molecule is CCCS(=O)(=O)NCCc1ccccc1C(=O)O. The van der Waals surface area contributed by atoms with Crippen molar-refractivity contribution in [3.05, 3.63) is 35.4 Å². The number of rotatable bonds is 7. The molecule has 0 bridgehead atoms. The molecule has 0 aliphatic carbocycles. The number of hydrogen-bond acceptors (Lipinski definition) is 3. The van der Waals surface area contributed by atoms with Crippen LogP contribution in [0.5, 0.6) is 0 Å². The van der Waals surface area contributed by atoms with Crippen LogP contribution in [-0.2, 0) is 16.4 Å². The van der Waals surface area contributed by atoms with E-state index in [4.69, 9.17) is 5.11 Å². The van der Waals surface area contributed by atoms with Gasteiger partial charge in [0.1, 0.15) is 0 Å². The zero-order valence-electron chi connectivity index (χ0n) is 10.2. The lowest BCUT2D eigenvalue weighted by atomic mass is 10.1. The second kappa shape index (κ2) is 6.51. The molecule has 0 spiro atoms. The molecule has 0 aromatic heterocycles. The van der Waals surface area contributed by atoms with E-state index < -0.39 is 16.0 Å². The van der Waals surface area contributed by atoms with E-state index in [1.165, 1.54) is 6.07 Å². The van der Waals surface area contributed by atoms with E-state index in [-0.39, 0.29) is 17.9 Å². The minimum absolute atomic E-state index is 0.0909. The van der Waals surface area contributed by atoms with Crippen molar-refractivity contribution in [2.45, 2.75) is 19.8 Å². The summed E-state index contributed by atoms with van der Waals surface area (Å²) in [5, 5.41) is 8.97. The standard InChI is InChI=1S/C12H17NO4S/c1-2-9-18(16,17)13-8-7-10-5-3-4-6-11(10)12(14)15/h3-6,13H,2,7-9H2,1H3,(H,14,15). The Bertz CT molecular complexity index is 511. The number of carboxylic acid groups (broad SMARTS) is 1. The van der Waals surface area contributed by atoms with Gasteiger partial charge < -0.3 is 5.11 Å². The Kier molecular flexibility index (Phi) is 5.30. The number of nitrogens with one attached hydrogen (secondary N) is 1. The highest BCUT2D eigenvalue weighted by Crippen LogP contribution is 2.09. The Morgan fingerprint density at radius 1 is 1.33 bits per heavy atom. The van der Waals surface area contributed by atoms with Gasteiger partial charge in [0.05, 0.1) is 11.3 Å². The molecule has 0 atom stereocenters. The van der Waals surface area contributed by atoms with E-state index in [1.807, 2.05) is 0 Å². The van der Waals surface area contributed by atoms with Gasteiger partial charge in [0, 0.05) is 6.54 Å². The largest absolute Gasteiger partial charge is 0.478 e. The third-order valence-electron chi connectivity index (χ3n) is 2.44. The van der Waals surface area contributed by atoms with Crippen LogP contribution < -0.4 is 4.72 Å². The highest BCUT2D eigenvalue weighted by Gasteiger charge is 2.11. The summed E-state index contributed by atoms with van der Waals surface area (Å²) in [6.07, 6.45) is 0.923. The first-order valence-corrected chi connectivity index (χ1v) is 7.40. The molecule has 0 saturated carbocycles. The lowest BCUT2D eigenvalue weighted by molar-refractivity contribution is 0.0695. The van der Waals surface area contributed by atoms with Crippen molar-refractivity contribution < 1.29 is 18.3 Å². The monoisotopic (exact) mass is 271 g/mol. The first kappa shape index (κ1) is 14.7. The molecule has 2 N–H and O–H groups in total. The van der Waals surface area contributed by atoms with Gasteiger partial charge in [-0.3, -0.25) is 0 Å². The minimum Gasteiger partial charge on any atom is -0.478 e. The van der Waals surface area contributed by atoms with Crippen molar-refractivity contribution in [2.24, 2.45) is 0 Å². The van der Waals surface area contributed by atoms with Crippen LogP contribution in [0.25, 0.3) is 0 Å². The number of carboxylic acids is 1. The van der Waals surface area contributed by atoms with Gasteiger partial charge in [-0.15, -0.1) is 0 Å². The Morgan fingerprint density at radius 3 is 2.61 bits per heavy atom. The maximum absolute atomic E-state index is 11.4. The lowest BCUT2D eigenvalue weighted by Gasteiger charge is -2.07. The molecule has 1 aromatic carbocycles. The van der Waals surface area contributed by atoms with Gasteiger partial charge in [-0.2, -0.15) is 0 Å². The zero-order chi connectivity index (χ0) is 13.6. The molecule has 100 valence electrons. The van der Waals surface area contributed by atoms with Gasteiger partial charge in [-0.05, 0) is 24.5 Å². The molecule has 1 aromatic rings. The van der Waals surface area contributed by atoms with Crippen molar-refractivity contribution in [3.8, 4) is 0 Å². The average Bonchev–Trinajstić information content (AvgIpc) is 2.29. The molecule has 0 saturated heterocycles. The number of hydrogen-bond donors (Lipinski definition) is 2. The van der Waals surface area contributed by atoms with Crippen LogP contribution in [0.3, 0.4) is 0 Å². The molecule has 0 aliphatic heterocycles. The molecular formula is C12H17NO4S. The maximum atomic E-state index is 11.4. The minimum atomic E-state index is -3.23. The van der Waals surface area contributed by atoms with Crippen LogP contribution in [-0.4, -0.2) is 31.8 Å². The normalized spacial score (nSPS) is 11.4. The van der Waals surface area contributed by atoms with Gasteiger partial charge in [0.2, 0.25) is 10.0 Å². The average molecular weight is 271 g/mol. The molecule has 0 amide bonds. The summed E-state index contributed by atoms with van der Waals surface area (Å²) in [6, 6.07) is 6.59. The molecule has 0 unspecified atom stereocenters. The summed E-state index contributed by atoms with van der Waals surface area (Å²) >= 11 is 0. The fraction of sp³-hybridized carbons (Fsp3) is 0.417. The van der Waals surface area contributed by atoms with Crippen molar-refractivity contribution >= 4 is 16.0 Å². The number of carbonyl (C=O) groups is 1. The summed E-state index contributed by atoms with van der Waals surface area (Å²) in [4.78, 5) is 10.9. The van der Waals surface area contributed by atoms with Crippen LogP contribution >= 0.6 is 0 Å². The maximum Gasteiger partial charge on any atom is 0.335 e. The van der Waals surface area contributed by atoms with Gasteiger partial charge in [-0.25, -0.2) is 17.9 Å². The third-order valence-corrected chi connectivity index (χ3v) is 4.03. The smallest absolute Gasteiger partial charge is 0.335 e. The fourth-order valence-electron chi connectivity index (χ4n) is 1.63. The summed E-state index contributed by atoms with van der Waals surface area (Å²) in [6.45, 7) is 2.01. The molecule has 18 heavy (non-hydrogen) atoms. The van der Waals surface area contributed by atoms with E-state index in [0.29, 0.717) is 18.4 Å². The summed E-state index contributed by atoms with van der Waals surface area (Å²) in [7, 11) is -3.23. The van der Waals surface area contributed by atoms with Crippen LogP contribution in [0.15, 0.2) is 24.3 Å². The summed E-state index contributed by atoms with van der Waals surface area (Å²) in [5.74, 6) is -0.907. The quantitative estimate of drug-likeness (QED) is 0.782. The van der Waals surface area contributed by atoms with E-state index in [1.54, 1.807) is 25.1 Å². The molecule has 5 nitrogen and oxygen atoms in total. The molecule has 0 radical (unpaired) electrons. The Balaban J connectivity index is 2.62. The van der Waals surface area contributed by atoms with E-state index >= 15 is 0 Å². The van der Waals surface area contributed by atoms with Gasteiger partial charge in [0.25, 0.3) is 0 Å². The second-order valence-electron chi connectivity index (χ2n) is 3.93. The van der Waals surface area contributed by atoms with E-state index in [9.17, 15) is 13.2 Å². The van der Waals surface area contributed by atoms with Crippen molar-refractivity contribution in [2.75, 3.05) is 12.3 Å². The fourth-order valence-corrected chi connectivity index (χ4v) is 2.72. The van der Waals surface area contributed by atoms with Gasteiger partial charge in [0.15, 0.2) is 0 Å². The first-order chi connectivity index (χ1) is 8.46. The van der Waals surface area contributed by atoms with Gasteiger partial charge >= 0.3 is 5.97 Å². The molecule has 0 aliphatic rings. The predicted molar refractivity (Wildman–Crippen MR) is 69.2 cm³/mol. The number of benzene rings is 1. The molecule has 0 heterocycles. The van der Waals surface area contributed by atoms with E-state index in [2.05, 4.69) is 4.72 Å². The van der Waals surface area contributed by atoms with Crippen molar-refractivity contribution in [3.63, 3.8) is 0 Å². The van der Waals surface area contributed by atoms with E-state index in [0.717, 1.165) is 0 Å². The van der Waals surface area contributed by atoms with Crippen LogP contribution in [0.2, 0.25) is 0 Å². The van der Waals surface area contributed by atoms with Crippen molar-refractivity contribution in [1.29, 1.82) is 0 Å². The lowest BCUT2D eigenvalue weighted by Crippen LogP contribution is -2.28. The number of aromatic carboxylic acids is 1. The molecular weight excluding hydrogens is 254 g/mol. The van der Waals surface area contributed by atoms with Crippen LogP contribution in [0, 0.1) is 0 Å². The third kappa shape index (κ3) is 4.46. The zero-order valence-corrected chi connectivity index (χ0v) is 11.0. The Morgan fingerprint density at radius 2 is 2.00 bits per heavy atom. The van der Waals surface area contributed by atoms with Crippen LogP contribution in [0.1, 0.15) is 29.3 Å². The Hall–Kier alpha value is -1.40. The van der Waals surface area contributed by atoms with Crippen LogP contribution in [0.4, 0.5) is 0 Å². The van der Waals surface area contributed by atoms with Gasteiger partial charge in [-0.1, -0.05) is 25.1 Å². The summed E-state index contributed by atoms with van der Waals surface area (Å²) in [5.41, 5.74) is 0.844. The topological polar surface area (TPSA) is 83.5 Å². The summed E-state index contributed by atoms with van der Waals surface area (Å²) < 4.78 is 25.3. The van der Waals surface area contributed by atoms with Crippen molar-refractivity contribution in [1.82, 2.24) is 4.72 Å². The molecule has 0 fully saturated rings. The highest BCUT2D eigenvalue weighted by atomic mass is 32.2. The first-order valence-electron chi connectivity index (χ1n) is 5.75. The molecule has 1 rings (SSSR count). The highest BCUT2D eigenvalue weighted by molar-refractivity contribution is 7.89. The second-order valence-corrected chi connectivity index (χ2v) is 5.85. The Labute approximate surface area is 107 Å². The number of sulfonamides is 1. The molecule has 6 heteroatoms.